The molecule has 1 aromatic rings. The van der Waals surface area contributed by atoms with E-state index in [1.165, 1.54) is 14.2 Å². The molecule has 1 amide bonds. The van der Waals surface area contributed by atoms with Gasteiger partial charge >= 0.3 is 5.97 Å². The lowest BCUT2D eigenvalue weighted by atomic mass is 10.0. The molecule has 0 spiro atoms. The molecule has 1 rings (SSSR count). The van der Waals surface area contributed by atoms with E-state index in [0.29, 0.717) is 6.42 Å². The molecule has 1 atom stereocenters. The second-order valence-corrected chi connectivity index (χ2v) is 4.27. The molecule has 5 heteroatoms. The predicted molar refractivity (Wildman–Crippen MR) is 70.7 cm³/mol. The fraction of sp³-hybridized carbons (Fsp3) is 0.429. The molecule has 1 aromatic carbocycles. The van der Waals surface area contributed by atoms with Crippen molar-refractivity contribution in [3.05, 3.63) is 35.4 Å². The van der Waals surface area contributed by atoms with Crippen LogP contribution in [0, 0.1) is 6.92 Å². The summed E-state index contributed by atoms with van der Waals surface area (Å²) < 4.78 is 9.42. The molecule has 0 heterocycles. The van der Waals surface area contributed by atoms with Crippen molar-refractivity contribution < 1.29 is 19.1 Å². The summed E-state index contributed by atoms with van der Waals surface area (Å²) in [5, 5.41) is 2.60. The third-order valence-corrected chi connectivity index (χ3v) is 2.62. The fourth-order valence-electron chi connectivity index (χ4n) is 1.78. The van der Waals surface area contributed by atoms with Crippen LogP contribution < -0.4 is 5.32 Å². The third kappa shape index (κ3) is 5.09. The van der Waals surface area contributed by atoms with Gasteiger partial charge in [0.2, 0.25) is 5.91 Å². The van der Waals surface area contributed by atoms with Crippen molar-refractivity contribution in [1.29, 1.82) is 0 Å². The maximum Gasteiger partial charge on any atom is 0.328 e. The van der Waals surface area contributed by atoms with E-state index in [-0.39, 0.29) is 12.5 Å². The van der Waals surface area contributed by atoms with Gasteiger partial charge in [0, 0.05) is 13.5 Å². The molecule has 0 radical (unpaired) electrons. The highest BCUT2D eigenvalue weighted by Crippen LogP contribution is 2.08. The minimum Gasteiger partial charge on any atom is -0.467 e. The van der Waals surface area contributed by atoms with Gasteiger partial charge in [0.25, 0.3) is 0 Å². The Labute approximate surface area is 112 Å². The lowest BCUT2D eigenvalue weighted by Gasteiger charge is -2.16. The van der Waals surface area contributed by atoms with Gasteiger partial charge in [-0.25, -0.2) is 4.79 Å². The molecule has 0 aliphatic heterocycles. The van der Waals surface area contributed by atoms with Crippen LogP contribution in [-0.4, -0.2) is 38.7 Å². The number of esters is 1. The van der Waals surface area contributed by atoms with Crippen molar-refractivity contribution in [2.45, 2.75) is 19.4 Å². The van der Waals surface area contributed by atoms with Crippen LogP contribution in [0.1, 0.15) is 11.1 Å². The molecule has 0 fully saturated rings. The number of amides is 1. The van der Waals surface area contributed by atoms with Crippen LogP contribution in [0.4, 0.5) is 0 Å². The zero-order valence-electron chi connectivity index (χ0n) is 11.4. The molecule has 0 bridgehead atoms. The van der Waals surface area contributed by atoms with E-state index in [9.17, 15) is 9.59 Å². The van der Waals surface area contributed by atoms with Crippen molar-refractivity contribution in [3.63, 3.8) is 0 Å². The molecular formula is C14H19NO4. The topological polar surface area (TPSA) is 64.6 Å². The Morgan fingerprint density at radius 3 is 2.63 bits per heavy atom. The summed E-state index contributed by atoms with van der Waals surface area (Å²) in [5.74, 6) is -0.809. The summed E-state index contributed by atoms with van der Waals surface area (Å²) in [6, 6.07) is 7.06. The summed E-state index contributed by atoms with van der Waals surface area (Å²) in [7, 11) is 2.72. The molecular weight excluding hydrogens is 246 g/mol. The number of benzene rings is 1. The van der Waals surface area contributed by atoms with Crippen molar-refractivity contribution in [3.8, 4) is 0 Å². The molecule has 1 N–H and O–H groups in total. The fourth-order valence-corrected chi connectivity index (χ4v) is 1.78. The first-order chi connectivity index (χ1) is 9.06. The SMILES string of the molecule is COCC(=O)N[C@@H](Cc1cccc(C)c1)C(=O)OC. The average molecular weight is 265 g/mol. The van der Waals surface area contributed by atoms with Crippen molar-refractivity contribution in [2.24, 2.45) is 0 Å². The van der Waals surface area contributed by atoms with Crippen molar-refractivity contribution in [1.82, 2.24) is 5.32 Å². The highest BCUT2D eigenvalue weighted by atomic mass is 16.5. The Morgan fingerprint density at radius 1 is 1.32 bits per heavy atom. The number of ether oxygens (including phenoxy) is 2. The number of methoxy groups -OCH3 is 2. The number of carbonyl (C=O) groups is 2. The monoisotopic (exact) mass is 265 g/mol. The van der Waals surface area contributed by atoms with E-state index >= 15 is 0 Å². The van der Waals surface area contributed by atoms with Crippen LogP contribution in [0.3, 0.4) is 0 Å². The van der Waals surface area contributed by atoms with Gasteiger partial charge in [-0.15, -0.1) is 0 Å². The summed E-state index contributed by atoms with van der Waals surface area (Å²) >= 11 is 0. The zero-order chi connectivity index (χ0) is 14.3. The second-order valence-electron chi connectivity index (χ2n) is 4.27. The lowest BCUT2D eigenvalue weighted by Crippen LogP contribution is -2.44. The molecule has 0 saturated heterocycles. The van der Waals surface area contributed by atoms with Gasteiger partial charge in [0.05, 0.1) is 7.11 Å². The Kier molecular flexibility index (Phi) is 6.02. The first kappa shape index (κ1) is 15.2. The minimum absolute atomic E-state index is 0.0820. The van der Waals surface area contributed by atoms with Crippen LogP contribution in [0.2, 0.25) is 0 Å². The quantitative estimate of drug-likeness (QED) is 0.774. The van der Waals surface area contributed by atoms with Crippen molar-refractivity contribution in [2.75, 3.05) is 20.8 Å². The number of rotatable bonds is 6. The Hall–Kier alpha value is -1.88. The third-order valence-electron chi connectivity index (χ3n) is 2.62. The molecule has 0 aliphatic carbocycles. The van der Waals surface area contributed by atoms with Gasteiger partial charge in [0.15, 0.2) is 0 Å². The van der Waals surface area contributed by atoms with Gasteiger partial charge in [-0.1, -0.05) is 29.8 Å². The van der Waals surface area contributed by atoms with E-state index < -0.39 is 12.0 Å². The van der Waals surface area contributed by atoms with Crippen LogP contribution in [-0.2, 0) is 25.5 Å². The number of aryl methyl sites for hydroxylation is 1. The van der Waals surface area contributed by atoms with E-state index in [1.807, 2.05) is 31.2 Å². The van der Waals surface area contributed by atoms with Crippen LogP contribution in [0.15, 0.2) is 24.3 Å². The summed E-state index contributed by atoms with van der Waals surface area (Å²) in [5.41, 5.74) is 2.07. The number of nitrogens with one attached hydrogen (secondary N) is 1. The molecule has 19 heavy (non-hydrogen) atoms. The first-order valence-electron chi connectivity index (χ1n) is 5.98. The summed E-state index contributed by atoms with van der Waals surface area (Å²) in [6.45, 7) is 1.89. The van der Waals surface area contributed by atoms with Crippen LogP contribution in [0.25, 0.3) is 0 Å². The number of hydrogen-bond donors (Lipinski definition) is 1. The second kappa shape index (κ2) is 7.53. The first-order valence-corrected chi connectivity index (χ1v) is 5.98. The molecule has 0 aliphatic rings. The van der Waals surface area contributed by atoms with Gasteiger partial charge < -0.3 is 14.8 Å². The maximum absolute atomic E-state index is 11.7. The normalized spacial score (nSPS) is 11.7. The number of hydrogen-bond acceptors (Lipinski definition) is 4. The van der Waals surface area contributed by atoms with Gasteiger partial charge in [0.1, 0.15) is 12.6 Å². The van der Waals surface area contributed by atoms with Gasteiger partial charge in [-0.2, -0.15) is 0 Å². The largest absolute Gasteiger partial charge is 0.467 e. The highest BCUT2D eigenvalue weighted by Gasteiger charge is 2.21. The molecule has 5 nitrogen and oxygen atoms in total. The lowest BCUT2D eigenvalue weighted by molar-refractivity contribution is -0.145. The minimum atomic E-state index is -0.700. The Bertz CT molecular complexity index is 445. The smallest absolute Gasteiger partial charge is 0.328 e. The van der Waals surface area contributed by atoms with Gasteiger partial charge in [-0.05, 0) is 12.5 Å². The standard InChI is InChI=1S/C14H19NO4/c1-10-5-4-6-11(7-10)8-12(14(17)19-3)15-13(16)9-18-2/h4-7,12H,8-9H2,1-3H3,(H,15,16)/t12-/m0/s1. The zero-order valence-corrected chi connectivity index (χ0v) is 11.4. The predicted octanol–water partition coefficient (Wildman–Crippen LogP) is 0.842. The summed E-state index contributed by atoms with van der Waals surface area (Å²) in [4.78, 5) is 23.2. The maximum atomic E-state index is 11.7. The number of carbonyl (C=O) groups excluding carboxylic acids is 2. The average Bonchev–Trinajstić information content (AvgIpc) is 2.37. The van der Waals surface area contributed by atoms with E-state index in [0.717, 1.165) is 11.1 Å². The van der Waals surface area contributed by atoms with Gasteiger partial charge in [-0.3, -0.25) is 4.79 Å². The van der Waals surface area contributed by atoms with Crippen molar-refractivity contribution >= 4 is 11.9 Å². The van der Waals surface area contributed by atoms with Crippen LogP contribution in [0.5, 0.6) is 0 Å². The summed E-state index contributed by atoms with van der Waals surface area (Å²) in [6.07, 6.45) is 0.393. The molecule has 104 valence electrons. The molecule has 0 aromatic heterocycles. The van der Waals surface area contributed by atoms with E-state index in [2.05, 4.69) is 5.32 Å². The Balaban J connectivity index is 2.74. The van der Waals surface area contributed by atoms with Crippen LogP contribution >= 0.6 is 0 Å². The molecule has 0 unspecified atom stereocenters. The Morgan fingerprint density at radius 2 is 2.05 bits per heavy atom. The highest BCUT2D eigenvalue weighted by molar-refractivity contribution is 5.85. The van der Waals surface area contributed by atoms with E-state index in [1.54, 1.807) is 0 Å². The van der Waals surface area contributed by atoms with E-state index in [4.69, 9.17) is 9.47 Å². The molecule has 0 saturated carbocycles.